The van der Waals surface area contributed by atoms with Crippen molar-refractivity contribution < 1.29 is 36.1 Å². The number of H-pyrrole nitrogens is 1. The van der Waals surface area contributed by atoms with E-state index < -0.39 is 20.1 Å². The molecule has 12 heteroatoms. The van der Waals surface area contributed by atoms with E-state index in [4.69, 9.17) is 10.4 Å². The second kappa shape index (κ2) is 10.4. The molecule has 34 heavy (non-hydrogen) atoms. The number of anilines is 1. The molecule has 0 saturated heterocycles. The van der Waals surface area contributed by atoms with Crippen molar-refractivity contribution in [2.24, 2.45) is 0 Å². The molecule has 0 saturated carbocycles. The van der Waals surface area contributed by atoms with Crippen LogP contribution in [0, 0.1) is 5.82 Å². The SMILES string of the molecule is CC(=O)Nc1ccccc1[As](=O)(O)OO.O=C(O)c1ccc2[nH]nc(-c3cccc(F)c3)c2c1. The number of aromatic nitrogens is 2. The molecule has 0 aliphatic rings. The molecular formula is C22H19AsFN3O7. The molecular weight excluding hydrogens is 512 g/mol. The number of nitrogens with one attached hydrogen (secondary N) is 2. The number of aromatic carboxylic acids is 1. The van der Waals surface area contributed by atoms with Crippen LogP contribution in [0.2, 0.25) is 0 Å². The molecule has 176 valence electrons. The number of aromatic amines is 1. The monoisotopic (exact) mass is 531 g/mol. The van der Waals surface area contributed by atoms with Crippen LogP contribution in [0.5, 0.6) is 0 Å². The maximum Gasteiger partial charge on any atom is 0.335 e. The Morgan fingerprint density at radius 2 is 1.82 bits per heavy atom. The van der Waals surface area contributed by atoms with E-state index in [1.807, 2.05) is 0 Å². The van der Waals surface area contributed by atoms with Crippen molar-refractivity contribution in [2.75, 3.05) is 5.32 Å². The minimum atomic E-state index is -4.92. The summed E-state index contributed by atoms with van der Waals surface area (Å²) in [6, 6.07) is 16.5. The zero-order chi connectivity index (χ0) is 24.9. The topological polar surface area (TPSA) is 162 Å². The van der Waals surface area contributed by atoms with E-state index >= 15 is 0 Å². The second-order valence-electron chi connectivity index (χ2n) is 6.95. The van der Waals surface area contributed by atoms with E-state index in [9.17, 15) is 21.8 Å². The average molecular weight is 531 g/mol. The summed E-state index contributed by atoms with van der Waals surface area (Å²) < 4.78 is 37.4. The summed E-state index contributed by atoms with van der Waals surface area (Å²) in [6.45, 7) is 1.27. The fourth-order valence-corrected chi connectivity index (χ4v) is 4.74. The van der Waals surface area contributed by atoms with Gasteiger partial charge >= 0.3 is 94.4 Å². The maximum absolute atomic E-state index is 13.2. The number of carbonyl (C=O) groups excluding carboxylic acids is 1. The first-order chi connectivity index (χ1) is 16.1. The van der Waals surface area contributed by atoms with E-state index in [-0.39, 0.29) is 27.3 Å². The van der Waals surface area contributed by atoms with Crippen LogP contribution < -0.4 is 9.67 Å². The Kier molecular flexibility index (Phi) is 7.64. The van der Waals surface area contributed by atoms with Crippen LogP contribution in [0.15, 0.2) is 66.7 Å². The standard InChI is InChI=1S/C14H9FN2O2.C8H10AsNO5/c15-10-3-1-2-8(6-10)13-11-7-9(14(18)19)4-5-12(11)16-17-13;1-6(11)10-8-5-3-2-4-7(8)9(12,13)15-14/h1-7H,(H,16,17)(H,18,19);2-5,14H,1H3,(H,10,11)(H,12,13). The molecule has 0 spiro atoms. The van der Waals surface area contributed by atoms with Gasteiger partial charge in [0, 0.05) is 10.9 Å². The van der Waals surface area contributed by atoms with Gasteiger partial charge in [0.15, 0.2) is 0 Å². The van der Waals surface area contributed by atoms with Gasteiger partial charge in [0.1, 0.15) is 11.5 Å². The fraction of sp³-hybridized carbons (Fsp3) is 0.0455. The summed E-state index contributed by atoms with van der Waals surface area (Å²) in [7, 11) is 0. The molecule has 0 fully saturated rings. The number of para-hydroxylation sites is 1. The number of benzene rings is 3. The predicted octanol–water partition coefficient (Wildman–Crippen LogP) is 2.77. The molecule has 0 radical (unpaired) electrons. The summed E-state index contributed by atoms with van der Waals surface area (Å²) in [5.41, 5.74) is 2.19. The minimum Gasteiger partial charge on any atom is -0.478 e. The molecule has 1 amide bonds. The van der Waals surface area contributed by atoms with E-state index in [2.05, 4.69) is 19.4 Å². The van der Waals surface area contributed by atoms with Crippen LogP contribution in [-0.2, 0) is 12.4 Å². The summed E-state index contributed by atoms with van der Waals surface area (Å²) in [4.78, 5) is 21.8. The first kappa shape index (κ1) is 24.9. The minimum absolute atomic E-state index is 0.103. The van der Waals surface area contributed by atoms with Crippen molar-refractivity contribution in [1.29, 1.82) is 0 Å². The third-order valence-electron chi connectivity index (χ3n) is 4.54. The summed E-state index contributed by atoms with van der Waals surface area (Å²) in [5.74, 6) is -1.74. The Morgan fingerprint density at radius 1 is 1.09 bits per heavy atom. The molecule has 0 aliphatic carbocycles. The molecule has 3 aromatic carbocycles. The van der Waals surface area contributed by atoms with Crippen molar-refractivity contribution in [3.63, 3.8) is 0 Å². The molecule has 1 heterocycles. The summed E-state index contributed by atoms with van der Waals surface area (Å²) >= 11 is -4.92. The predicted molar refractivity (Wildman–Crippen MR) is 121 cm³/mol. The number of carboxylic acid groups (broad SMARTS) is 1. The van der Waals surface area contributed by atoms with Gasteiger partial charge in [0.25, 0.3) is 0 Å². The zero-order valence-electron chi connectivity index (χ0n) is 17.6. The van der Waals surface area contributed by atoms with Gasteiger partial charge in [-0.1, -0.05) is 12.1 Å². The van der Waals surface area contributed by atoms with Crippen molar-refractivity contribution in [3.05, 3.63) is 78.1 Å². The van der Waals surface area contributed by atoms with Gasteiger partial charge in [0.05, 0.1) is 11.1 Å². The smallest absolute Gasteiger partial charge is 0.335 e. The molecule has 0 bridgehead atoms. The van der Waals surface area contributed by atoms with Crippen molar-refractivity contribution in [2.45, 2.75) is 6.92 Å². The molecule has 4 rings (SSSR count). The number of hydrogen-bond donors (Lipinski definition) is 5. The van der Waals surface area contributed by atoms with E-state index in [1.54, 1.807) is 24.3 Å². The fourth-order valence-electron chi connectivity index (χ4n) is 3.06. The van der Waals surface area contributed by atoms with Crippen molar-refractivity contribution in [1.82, 2.24) is 10.2 Å². The van der Waals surface area contributed by atoms with Crippen LogP contribution in [0.1, 0.15) is 17.3 Å². The summed E-state index contributed by atoms with van der Waals surface area (Å²) in [6.07, 6.45) is 0. The number of rotatable bonds is 5. The molecule has 0 aliphatic heterocycles. The summed E-state index contributed by atoms with van der Waals surface area (Å²) in [5, 5.41) is 27.3. The molecule has 1 atom stereocenters. The van der Waals surface area contributed by atoms with Crippen LogP contribution in [-0.4, -0.2) is 50.7 Å². The first-order valence-corrected chi connectivity index (χ1v) is 12.9. The Labute approximate surface area is 194 Å². The van der Waals surface area contributed by atoms with Gasteiger partial charge in [-0.25, -0.2) is 9.18 Å². The quantitative estimate of drug-likeness (QED) is 0.149. The number of carboxylic acids is 1. The average Bonchev–Trinajstić information content (AvgIpc) is 3.23. The maximum atomic E-state index is 13.2. The second-order valence-corrected chi connectivity index (χ2v) is 10.5. The van der Waals surface area contributed by atoms with Crippen LogP contribution >= 0.6 is 0 Å². The third kappa shape index (κ3) is 5.77. The molecule has 10 nitrogen and oxygen atoms in total. The Bertz CT molecular complexity index is 1410. The van der Waals surface area contributed by atoms with Crippen molar-refractivity contribution >= 4 is 47.0 Å². The van der Waals surface area contributed by atoms with Crippen molar-refractivity contribution in [3.8, 4) is 11.3 Å². The van der Waals surface area contributed by atoms with E-state index in [0.717, 1.165) is 0 Å². The molecule has 1 unspecified atom stereocenters. The number of hydrogen-bond acceptors (Lipinski definition) is 6. The van der Waals surface area contributed by atoms with Gasteiger partial charge < -0.3 is 5.11 Å². The van der Waals surface area contributed by atoms with Gasteiger partial charge in [-0.15, -0.1) is 0 Å². The van der Waals surface area contributed by atoms with Crippen LogP contribution in [0.3, 0.4) is 0 Å². The number of fused-ring (bicyclic) bond motifs is 1. The largest absolute Gasteiger partial charge is 0.478 e. The van der Waals surface area contributed by atoms with Gasteiger partial charge in [-0.3, -0.25) is 5.10 Å². The Balaban J connectivity index is 0.000000197. The Hall–Kier alpha value is -3.76. The van der Waals surface area contributed by atoms with Crippen LogP contribution in [0.4, 0.5) is 10.1 Å². The Morgan fingerprint density at radius 3 is 2.47 bits per heavy atom. The van der Waals surface area contributed by atoms with Crippen LogP contribution in [0.25, 0.3) is 22.2 Å². The number of halogens is 1. The molecule has 5 N–H and O–H groups in total. The van der Waals surface area contributed by atoms with E-state index in [1.165, 1.54) is 49.4 Å². The number of amides is 1. The zero-order valence-corrected chi connectivity index (χ0v) is 19.5. The first-order valence-electron chi connectivity index (χ1n) is 9.63. The van der Waals surface area contributed by atoms with Gasteiger partial charge in [0.2, 0.25) is 0 Å². The number of nitrogens with zero attached hydrogens (tertiary/aromatic N) is 1. The normalized spacial score (nSPS) is 12.4. The van der Waals surface area contributed by atoms with E-state index in [0.29, 0.717) is 22.2 Å². The number of carbonyl (C=O) groups is 2. The van der Waals surface area contributed by atoms with Gasteiger partial charge in [-0.2, -0.15) is 5.10 Å². The third-order valence-corrected chi connectivity index (χ3v) is 7.10. The molecule has 1 aromatic heterocycles. The van der Waals surface area contributed by atoms with Gasteiger partial charge in [-0.05, 0) is 30.3 Å². The molecule has 4 aromatic rings.